The van der Waals surface area contributed by atoms with Gasteiger partial charge < -0.3 is 20.3 Å². The highest BCUT2D eigenvalue weighted by atomic mass is 16.4. The van der Waals surface area contributed by atoms with Crippen LogP contribution in [0.25, 0.3) is 10.9 Å². The van der Waals surface area contributed by atoms with Crippen molar-refractivity contribution in [2.24, 2.45) is 5.92 Å². The molecule has 134 valence electrons. The maximum atomic E-state index is 12.3. The summed E-state index contributed by atoms with van der Waals surface area (Å²) in [6.07, 6.45) is 1.82. The number of aromatic amines is 1. The molecule has 1 saturated heterocycles. The Morgan fingerprint density at radius 3 is 2.72 bits per heavy atom. The van der Waals surface area contributed by atoms with Crippen LogP contribution >= 0.6 is 0 Å². The Morgan fingerprint density at radius 1 is 1.24 bits per heavy atom. The number of carbonyl (C=O) groups is 2. The zero-order valence-corrected chi connectivity index (χ0v) is 14.4. The number of anilines is 1. The number of carboxylic acids is 1. The molecule has 3 rings (SSSR count). The number of nitrogens with one attached hydrogen (secondary N) is 2. The Kier molecular flexibility index (Phi) is 5.35. The smallest absolute Gasteiger partial charge is 0.308 e. The van der Waals surface area contributed by atoms with Crippen molar-refractivity contribution >= 4 is 28.5 Å². The van der Waals surface area contributed by atoms with Gasteiger partial charge in [0.15, 0.2) is 0 Å². The molecule has 0 aliphatic carbocycles. The second-order valence-electron chi connectivity index (χ2n) is 6.67. The van der Waals surface area contributed by atoms with E-state index in [0.29, 0.717) is 12.2 Å². The van der Waals surface area contributed by atoms with Crippen LogP contribution in [0.3, 0.4) is 0 Å². The zero-order valence-electron chi connectivity index (χ0n) is 14.4. The van der Waals surface area contributed by atoms with E-state index in [9.17, 15) is 14.7 Å². The molecule has 1 aromatic heterocycles. The number of aliphatic carboxylic acids is 1. The average Bonchev–Trinajstić information content (AvgIpc) is 3.03. The SMILES string of the molecule is CN1CCN(CC(CC(=O)Nc2ccc3cc[nH]c3c2)C(=O)O)CC1. The zero-order chi connectivity index (χ0) is 17.8. The molecule has 0 radical (unpaired) electrons. The molecule has 0 spiro atoms. The maximum Gasteiger partial charge on any atom is 0.308 e. The van der Waals surface area contributed by atoms with E-state index in [0.717, 1.165) is 37.1 Å². The van der Waals surface area contributed by atoms with Crippen LogP contribution in [0.1, 0.15) is 6.42 Å². The summed E-state index contributed by atoms with van der Waals surface area (Å²) in [6.45, 7) is 3.94. The van der Waals surface area contributed by atoms with E-state index in [1.807, 2.05) is 30.5 Å². The number of nitrogens with zero attached hydrogens (tertiary/aromatic N) is 2. The fraction of sp³-hybridized carbons (Fsp3) is 0.444. The largest absolute Gasteiger partial charge is 0.481 e. The number of rotatable bonds is 6. The highest BCUT2D eigenvalue weighted by molar-refractivity contribution is 5.95. The van der Waals surface area contributed by atoms with Crippen molar-refractivity contribution in [2.45, 2.75) is 6.42 Å². The van der Waals surface area contributed by atoms with E-state index in [-0.39, 0.29) is 12.3 Å². The highest BCUT2D eigenvalue weighted by Crippen LogP contribution is 2.18. The number of fused-ring (bicyclic) bond motifs is 1. The Morgan fingerprint density at radius 2 is 2.00 bits per heavy atom. The van der Waals surface area contributed by atoms with E-state index in [4.69, 9.17) is 0 Å². The van der Waals surface area contributed by atoms with Crippen LogP contribution in [0.2, 0.25) is 0 Å². The Bertz CT molecular complexity index is 750. The first-order valence-electron chi connectivity index (χ1n) is 8.52. The summed E-state index contributed by atoms with van der Waals surface area (Å²) < 4.78 is 0. The van der Waals surface area contributed by atoms with Gasteiger partial charge in [-0.15, -0.1) is 0 Å². The number of hydrogen-bond donors (Lipinski definition) is 3. The standard InChI is InChI=1S/C18H24N4O3/c1-21-6-8-22(9-7-21)12-14(18(24)25)10-17(23)20-15-3-2-13-4-5-19-16(13)11-15/h2-5,11,14,19H,6-10,12H2,1H3,(H,20,23)(H,24,25). The van der Waals surface area contributed by atoms with Crippen molar-refractivity contribution in [3.8, 4) is 0 Å². The van der Waals surface area contributed by atoms with Gasteiger partial charge in [0, 0.05) is 56.5 Å². The summed E-state index contributed by atoms with van der Waals surface area (Å²) in [6, 6.07) is 7.55. The van der Waals surface area contributed by atoms with Crippen LogP contribution in [0.15, 0.2) is 30.5 Å². The highest BCUT2D eigenvalue weighted by Gasteiger charge is 2.25. The van der Waals surface area contributed by atoms with Gasteiger partial charge in [0.25, 0.3) is 0 Å². The monoisotopic (exact) mass is 344 g/mol. The first-order chi connectivity index (χ1) is 12.0. The molecule has 3 N–H and O–H groups in total. The van der Waals surface area contributed by atoms with Crippen LogP contribution in [-0.2, 0) is 9.59 Å². The minimum absolute atomic E-state index is 0.0234. The number of H-pyrrole nitrogens is 1. The van der Waals surface area contributed by atoms with E-state index < -0.39 is 11.9 Å². The van der Waals surface area contributed by atoms with Crippen molar-refractivity contribution in [2.75, 3.05) is 45.1 Å². The lowest BCUT2D eigenvalue weighted by atomic mass is 10.0. The van der Waals surface area contributed by atoms with Crippen molar-refractivity contribution in [1.82, 2.24) is 14.8 Å². The average molecular weight is 344 g/mol. The van der Waals surface area contributed by atoms with E-state index in [1.54, 1.807) is 0 Å². The van der Waals surface area contributed by atoms with Gasteiger partial charge in [-0.2, -0.15) is 0 Å². The number of piperazine rings is 1. The third-order valence-corrected chi connectivity index (χ3v) is 4.69. The second-order valence-corrected chi connectivity index (χ2v) is 6.67. The molecule has 2 heterocycles. The molecule has 7 nitrogen and oxygen atoms in total. The van der Waals surface area contributed by atoms with Crippen LogP contribution in [-0.4, -0.2) is 71.5 Å². The molecular formula is C18H24N4O3. The predicted molar refractivity (Wildman–Crippen MR) is 96.6 cm³/mol. The number of amides is 1. The number of likely N-dealkylation sites (N-methyl/N-ethyl adjacent to an activating group) is 1. The molecule has 7 heteroatoms. The van der Waals surface area contributed by atoms with Gasteiger partial charge in [-0.05, 0) is 30.6 Å². The Balaban J connectivity index is 1.57. The third kappa shape index (κ3) is 4.58. The van der Waals surface area contributed by atoms with Gasteiger partial charge >= 0.3 is 5.97 Å². The predicted octanol–water partition coefficient (Wildman–Crippen LogP) is 1.44. The van der Waals surface area contributed by atoms with E-state index in [1.165, 1.54) is 0 Å². The summed E-state index contributed by atoms with van der Waals surface area (Å²) >= 11 is 0. The van der Waals surface area contributed by atoms with Gasteiger partial charge in [0.05, 0.1) is 5.92 Å². The van der Waals surface area contributed by atoms with Crippen molar-refractivity contribution in [1.29, 1.82) is 0 Å². The first kappa shape index (κ1) is 17.4. The molecule has 1 unspecified atom stereocenters. The molecule has 1 aliphatic rings. The quantitative estimate of drug-likeness (QED) is 0.738. The molecule has 0 saturated carbocycles. The Hall–Kier alpha value is -2.38. The van der Waals surface area contributed by atoms with Gasteiger partial charge in [0.2, 0.25) is 5.91 Å². The minimum Gasteiger partial charge on any atom is -0.481 e. The molecule has 1 amide bonds. The molecule has 2 aromatic rings. The summed E-state index contributed by atoms with van der Waals surface area (Å²) in [7, 11) is 2.06. The third-order valence-electron chi connectivity index (χ3n) is 4.69. The lowest BCUT2D eigenvalue weighted by Gasteiger charge is -2.33. The fourth-order valence-electron chi connectivity index (χ4n) is 3.13. The molecular weight excluding hydrogens is 320 g/mol. The number of carbonyl (C=O) groups excluding carboxylic acids is 1. The van der Waals surface area contributed by atoms with Crippen molar-refractivity contribution in [3.05, 3.63) is 30.5 Å². The number of carboxylic acid groups (broad SMARTS) is 1. The van der Waals surface area contributed by atoms with Gasteiger partial charge in [0.1, 0.15) is 0 Å². The van der Waals surface area contributed by atoms with Crippen molar-refractivity contribution in [3.63, 3.8) is 0 Å². The van der Waals surface area contributed by atoms with Gasteiger partial charge in [-0.25, -0.2) is 0 Å². The molecule has 1 atom stereocenters. The summed E-state index contributed by atoms with van der Waals surface area (Å²) in [5, 5.41) is 13.3. The van der Waals surface area contributed by atoms with E-state index in [2.05, 4.69) is 27.1 Å². The van der Waals surface area contributed by atoms with E-state index >= 15 is 0 Å². The summed E-state index contributed by atoms with van der Waals surface area (Å²) in [5.74, 6) is -1.89. The maximum absolute atomic E-state index is 12.3. The van der Waals surface area contributed by atoms with Crippen LogP contribution in [0, 0.1) is 5.92 Å². The number of hydrogen-bond acceptors (Lipinski definition) is 4. The lowest BCUT2D eigenvalue weighted by molar-refractivity contribution is -0.144. The van der Waals surface area contributed by atoms with Gasteiger partial charge in [-0.1, -0.05) is 6.07 Å². The van der Waals surface area contributed by atoms with Crippen LogP contribution in [0.5, 0.6) is 0 Å². The normalized spacial score (nSPS) is 17.5. The molecule has 1 aliphatic heterocycles. The van der Waals surface area contributed by atoms with Crippen LogP contribution in [0.4, 0.5) is 5.69 Å². The Labute approximate surface area is 146 Å². The molecule has 1 aromatic carbocycles. The minimum atomic E-state index is -0.922. The molecule has 1 fully saturated rings. The molecule has 0 bridgehead atoms. The topological polar surface area (TPSA) is 88.7 Å². The van der Waals surface area contributed by atoms with Crippen molar-refractivity contribution < 1.29 is 14.7 Å². The number of aromatic nitrogens is 1. The second kappa shape index (κ2) is 7.67. The fourth-order valence-corrected chi connectivity index (χ4v) is 3.13. The number of benzene rings is 1. The van der Waals surface area contributed by atoms with Gasteiger partial charge in [-0.3, -0.25) is 14.5 Å². The summed E-state index contributed by atoms with van der Waals surface area (Å²) in [5.41, 5.74) is 1.61. The molecule has 25 heavy (non-hydrogen) atoms. The van der Waals surface area contributed by atoms with Crippen LogP contribution < -0.4 is 5.32 Å². The summed E-state index contributed by atoms with van der Waals surface area (Å²) in [4.78, 5) is 31.3. The first-order valence-corrected chi connectivity index (χ1v) is 8.52. The lowest BCUT2D eigenvalue weighted by Crippen LogP contribution is -2.47.